The van der Waals surface area contributed by atoms with E-state index in [9.17, 15) is 8.42 Å². The van der Waals surface area contributed by atoms with Gasteiger partial charge in [0.2, 0.25) is 0 Å². The SMILES string of the molecule is CCCCCCCCCCCCc1ccccc1[S](=O)(=O)[Ti][CH](C)C. The summed E-state index contributed by atoms with van der Waals surface area (Å²) in [7, 11) is -3.03. The van der Waals surface area contributed by atoms with Crippen molar-refractivity contribution in [2.45, 2.75) is 101 Å². The number of benzene rings is 1. The molecule has 4 heteroatoms. The van der Waals surface area contributed by atoms with Gasteiger partial charge in [-0.2, -0.15) is 0 Å². The Morgan fingerprint density at radius 3 is 1.92 bits per heavy atom. The van der Waals surface area contributed by atoms with Crippen LogP contribution in [-0.2, 0) is 31.7 Å². The van der Waals surface area contributed by atoms with Gasteiger partial charge in [0.1, 0.15) is 0 Å². The van der Waals surface area contributed by atoms with Gasteiger partial charge in [-0.1, -0.05) is 19.8 Å². The fraction of sp³-hybridized carbons (Fsp3) is 0.714. The molecule has 0 fully saturated rings. The predicted octanol–water partition coefficient (Wildman–Crippen LogP) is 6.75. The van der Waals surface area contributed by atoms with Gasteiger partial charge >= 0.3 is 144 Å². The van der Waals surface area contributed by atoms with Crippen LogP contribution in [-0.4, -0.2) is 8.42 Å². The van der Waals surface area contributed by atoms with E-state index in [0.717, 1.165) is 18.4 Å². The first-order valence-corrected chi connectivity index (χ1v) is 14.4. The van der Waals surface area contributed by atoms with Crippen LogP contribution in [0.5, 0.6) is 0 Å². The summed E-state index contributed by atoms with van der Waals surface area (Å²) in [4.78, 5) is 0.611. The summed E-state index contributed by atoms with van der Waals surface area (Å²) in [5, 5.41) is 0. The molecule has 1 rings (SSSR count). The van der Waals surface area contributed by atoms with Crippen LogP contribution in [0.4, 0.5) is 0 Å². The average Bonchev–Trinajstić information content (AvgIpc) is 2.56. The van der Waals surface area contributed by atoms with E-state index in [-0.39, 0.29) is 4.22 Å². The van der Waals surface area contributed by atoms with Crippen molar-refractivity contribution >= 4 is 7.42 Å². The Hall–Kier alpha value is -0.116. The molecule has 0 saturated heterocycles. The molecule has 0 unspecified atom stereocenters. The van der Waals surface area contributed by atoms with Crippen LogP contribution < -0.4 is 0 Å². The summed E-state index contributed by atoms with van der Waals surface area (Å²) >= 11 is -0.986. The second kappa shape index (κ2) is 13.1. The maximum atomic E-state index is 12.6. The number of hydrogen-bond acceptors (Lipinski definition) is 2. The third-order valence-electron chi connectivity index (χ3n) is 4.45. The van der Waals surface area contributed by atoms with Gasteiger partial charge in [0.15, 0.2) is 0 Å². The molecule has 1 aromatic rings. The van der Waals surface area contributed by atoms with E-state index in [1.807, 2.05) is 38.1 Å². The van der Waals surface area contributed by atoms with E-state index in [2.05, 4.69) is 6.92 Å². The molecule has 0 amide bonds. The topological polar surface area (TPSA) is 34.1 Å². The van der Waals surface area contributed by atoms with Gasteiger partial charge in [-0.05, 0) is 0 Å². The number of rotatable bonds is 14. The van der Waals surface area contributed by atoms with Crippen molar-refractivity contribution < 1.29 is 26.3 Å². The molecule has 0 aliphatic rings. The molecule has 0 aliphatic heterocycles. The van der Waals surface area contributed by atoms with Crippen molar-refractivity contribution in [2.75, 3.05) is 0 Å². The Morgan fingerprint density at radius 1 is 0.840 bits per heavy atom. The van der Waals surface area contributed by atoms with Gasteiger partial charge in [0.25, 0.3) is 0 Å². The van der Waals surface area contributed by atoms with Crippen molar-refractivity contribution in [3.8, 4) is 0 Å². The molecule has 0 heterocycles. The molecule has 0 aromatic heterocycles. The minimum atomic E-state index is -3.03. The van der Waals surface area contributed by atoms with Crippen LogP contribution in [0.3, 0.4) is 0 Å². The molecule has 0 N–H and O–H groups in total. The van der Waals surface area contributed by atoms with E-state index in [1.165, 1.54) is 57.8 Å². The van der Waals surface area contributed by atoms with Gasteiger partial charge in [0.05, 0.1) is 0 Å². The summed E-state index contributed by atoms with van der Waals surface area (Å²) in [5.74, 6) is 0. The molecule has 1 aromatic carbocycles. The Balaban J connectivity index is 2.32. The van der Waals surface area contributed by atoms with Crippen molar-refractivity contribution in [1.29, 1.82) is 0 Å². The first-order chi connectivity index (χ1) is 12.0. The first-order valence-electron chi connectivity index (χ1n) is 10.1. The van der Waals surface area contributed by atoms with Crippen LogP contribution in [0.1, 0.15) is 90.5 Å². The number of hydrogen-bond donors (Lipinski definition) is 0. The summed E-state index contributed by atoms with van der Waals surface area (Å²) in [5.41, 5.74) is 1.03. The first kappa shape index (κ1) is 22.9. The Morgan fingerprint density at radius 2 is 1.36 bits per heavy atom. The quantitative estimate of drug-likeness (QED) is 0.256. The van der Waals surface area contributed by atoms with Gasteiger partial charge in [-0.3, -0.25) is 0 Å². The second-order valence-electron chi connectivity index (χ2n) is 7.32. The minimum absolute atomic E-state index is 0.287. The van der Waals surface area contributed by atoms with E-state index in [0.29, 0.717) is 4.90 Å². The van der Waals surface area contributed by atoms with Gasteiger partial charge < -0.3 is 0 Å². The summed E-state index contributed by atoms with van der Waals surface area (Å²) in [6, 6.07) is 7.65. The molecule has 0 saturated carbocycles. The van der Waals surface area contributed by atoms with Gasteiger partial charge in [-0.15, -0.1) is 0 Å². The average molecular weight is 400 g/mol. The molecule has 25 heavy (non-hydrogen) atoms. The van der Waals surface area contributed by atoms with Crippen LogP contribution in [0, 0.1) is 0 Å². The zero-order valence-corrected chi connectivity index (χ0v) is 18.8. The van der Waals surface area contributed by atoms with Crippen molar-refractivity contribution in [2.24, 2.45) is 0 Å². The Labute approximate surface area is 163 Å². The normalized spacial score (nSPS) is 11.8. The van der Waals surface area contributed by atoms with Crippen molar-refractivity contribution in [3.63, 3.8) is 0 Å². The zero-order valence-electron chi connectivity index (χ0n) is 16.4. The fourth-order valence-corrected chi connectivity index (χ4v) is 9.10. The molecule has 142 valence electrons. The Kier molecular flexibility index (Phi) is 12.0. The van der Waals surface area contributed by atoms with E-state index >= 15 is 0 Å². The molecule has 0 spiro atoms. The standard InChI is InChI=1S/C18H29O2S.C3H7.Ti/c1-2-3-4-5-6-7-8-9-10-11-14-17-15-12-13-16-18(17)21(19)20;1-3-2;/h12-13,15-16H,2-11,14H2,1H3;3H,1-2H3;. The van der Waals surface area contributed by atoms with E-state index in [4.69, 9.17) is 0 Å². The third kappa shape index (κ3) is 9.96. The molecule has 0 bridgehead atoms. The fourth-order valence-electron chi connectivity index (χ4n) is 3.15. The summed E-state index contributed by atoms with van der Waals surface area (Å²) in [6.07, 6.45) is 14.0. The maximum absolute atomic E-state index is 12.6. The van der Waals surface area contributed by atoms with Gasteiger partial charge in [0, 0.05) is 0 Å². The third-order valence-corrected chi connectivity index (χ3v) is 10.9. The molecular weight excluding hydrogens is 364 g/mol. The number of unbranched alkanes of at least 4 members (excludes halogenated alkanes) is 9. The molecule has 0 radical (unpaired) electrons. The Bertz CT molecular complexity index is 567. The van der Waals surface area contributed by atoms with Crippen LogP contribution in [0.15, 0.2) is 29.2 Å². The predicted molar refractivity (Wildman–Crippen MR) is 104 cm³/mol. The van der Waals surface area contributed by atoms with Crippen molar-refractivity contribution in [3.05, 3.63) is 29.8 Å². The monoisotopic (exact) mass is 400 g/mol. The van der Waals surface area contributed by atoms with E-state index in [1.54, 1.807) is 0 Å². The molecule has 2 nitrogen and oxygen atoms in total. The molecule has 0 atom stereocenters. The molecule has 0 aliphatic carbocycles. The van der Waals surface area contributed by atoms with Crippen LogP contribution in [0.2, 0.25) is 4.22 Å². The van der Waals surface area contributed by atoms with Crippen LogP contribution >= 0.6 is 0 Å². The second-order valence-corrected chi connectivity index (χ2v) is 14.4. The van der Waals surface area contributed by atoms with Crippen molar-refractivity contribution in [1.82, 2.24) is 0 Å². The van der Waals surface area contributed by atoms with E-state index < -0.39 is 25.3 Å². The zero-order chi connectivity index (χ0) is 18.5. The number of aryl methyl sites for hydroxylation is 1. The summed E-state index contributed by atoms with van der Waals surface area (Å²) in [6.45, 7) is 6.29. The van der Waals surface area contributed by atoms with Crippen LogP contribution in [0.25, 0.3) is 0 Å². The summed E-state index contributed by atoms with van der Waals surface area (Å²) < 4.78 is 25.5. The molecular formula is C21H36O2STi. The van der Waals surface area contributed by atoms with Gasteiger partial charge in [-0.25, -0.2) is 0 Å².